The summed E-state index contributed by atoms with van der Waals surface area (Å²) in [6, 6.07) is 14.0. The number of hydrogen-bond donors (Lipinski definition) is 2. The Morgan fingerprint density at radius 2 is 1.94 bits per heavy atom. The van der Waals surface area contributed by atoms with Crippen LogP contribution in [0.1, 0.15) is 11.1 Å². The lowest BCUT2D eigenvalue weighted by atomic mass is 10.1. The minimum absolute atomic E-state index is 0.117. The van der Waals surface area contributed by atoms with Crippen molar-refractivity contribution in [1.29, 1.82) is 0 Å². The zero-order valence-corrected chi connectivity index (χ0v) is 18.0. The number of ether oxygens (including phenoxy) is 2. The van der Waals surface area contributed by atoms with E-state index in [0.29, 0.717) is 16.2 Å². The maximum atomic E-state index is 12.7. The van der Waals surface area contributed by atoms with Crippen LogP contribution in [-0.4, -0.2) is 45.9 Å². The molecule has 8 nitrogen and oxygen atoms in total. The van der Waals surface area contributed by atoms with Gasteiger partial charge in [0.05, 0.1) is 18.4 Å². The molecule has 2 aromatic carbocycles. The number of rotatable bonds is 8. The minimum Gasteiger partial charge on any atom is -0.493 e. The monoisotopic (exact) mass is 458 g/mol. The fourth-order valence-corrected chi connectivity index (χ4v) is 3.87. The molecule has 0 saturated carbocycles. The Labute approximate surface area is 187 Å². The van der Waals surface area contributed by atoms with Crippen molar-refractivity contribution in [3.63, 3.8) is 0 Å². The van der Waals surface area contributed by atoms with Gasteiger partial charge in [0.2, 0.25) is 5.91 Å². The van der Waals surface area contributed by atoms with Crippen molar-refractivity contribution in [2.24, 2.45) is 0 Å². The molecule has 1 saturated heterocycles. The Balaban J connectivity index is 1.70. The highest BCUT2D eigenvalue weighted by molar-refractivity contribution is 8.26. The van der Waals surface area contributed by atoms with Crippen LogP contribution in [0.2, 0.25) is 0 Å². The lowest BCUT2D eigenvalue weighted by Gasteiger charge is -2.15. The van der Waals surface area contributed by atoms with Crippen molar-refractivity contribution in [3.8, 4) is 11.5 Å². The number of nitrogens with one attached hydrogen (secondary N) is 1. The summed E-state index contributed by atoms with van der Waals surface area (Å²) in [5.41, 5.74) is 3.98. The van der Waals surface area contributed by atoms with Gasteiger partial charge in [0.25, 0.3) is 5.91 Å². The van der Waals surface area contributed by atoms with Crippen LogP contribution in [0.5, 0.6) is 11.5 Å². The Morgan fingerprint density at radius 1 is 1.19 bits per heavy atom. The first-order chi connectivity index (χ1) is 14.9. The van der Waals surface area contributed by atoms with E-state index in [2.05, 4.69) is 5.43 Å². The largest absolute Gasteiger partial charge is 0.493 e. The topological polar surface area (TPSA) is 105 Å². The van der Waals surface area contributed by atoms with Crippen molar-refractivity contribution in [2.45, 2.75) is 6.42 Å². The van der Waals surface area contributed by atoms with Crippen molar-refractivity contribution < 1.29 is 29.0 Å². The van der Waals surface area contributed by atoms with Gasteiger partial charge in [-0.05, 0) is 41.6 Å². The summed E-state index contributed by atoms with van der Waals surface area (Å²) in [4.78, 5) is 36.0. The molecule has 2 N–H and O–H groups in total. The van der Waals surface area contributed by atoms with Gasteiger partial charge in [-0.3, -0.25) is 15.0 Å². The molecule has 1 fully saturated rings. The zero-order chi connectivity index (χ0) is 22.4. The van der Waals surface area contributed by atoms with Gasteiger partial charge in [-0.2, -0.15) is 5.01 Å². The van der Waals surface area contributed by atoms with Crippen LogP contribution in [0.25, 0.3) is 6.08 Å². The first-order valence-electron chi connectivity index (χ1n) is 9.01. The number of thiocarbonyl (C=S) groups is 1. The molecule has 3 rings (SSSR count). The molecule has 0 atom stereocenters. The van der Waals surface area contributed by atoms with Crippen molar-refractivity contribution in [1.82, 2.24) is 10.4 Å². The van der Waals surface area contributed by atoms with Gasteiger partial charge in [0.1, 0.15) is 0 Å². The Hall–Kier alpha value is -3.37. The first kappa shape index (κ1) is 22.3. The SMILES string of the molecule is COc1cc(/C=C2/SC(=S)N(NC(=O)Cc3ccccc3)C2=O)ccc1OCC(=O)O. The van der Waals surface area contributed by atoms with E-state index in [1.165, 1.54) is 7.11 Å². The number of carbonyl (C=O) groups excluding carboxylic acids is 2. The molecule has 0 radical (unpaired) electrons. The predicted molar refractivity (Wildman–Crippen MR) is 119 cm³/mol. The van der Waals surface area contributed by atoms with Crippen LogP contribution >= 0.6 is 24.0 Å². The number of nitrogens with zero attached hydrogens (tertiary/aromatic N) is 1. The number of hydrazine groups is 1. The Bertz CT molecular complexity index is 1060. The standard InChI is InChI=1S/C21H18N2O6S2/c1-28-16-9-14(7-8-15(16)29-12-19(25)26)10-17-20(27)23(21(30)31-17)22-18(24)11-13-5-3-2-4-6-13/h2-10H,11-12H2,1H3,(H,22,24)(H,25,26)/b17-10+. The number of carboxylic acid groups (broad SMARTS) is 1. The summed E-state index contributed by atoms with van der Waals surface area (Å²) >= 11 is 6.30. The van der Waals surface area contributed by atoms with Gasteiger partial charge in [0.15, 0.2) is 22.4 Å². The number of carboxylic acids is 1. The fraction of sp³-hybridized carbons (Fsp3) is 0.143. The summed E-state index contributed by atoms with van der Waals surface area (Å²) in [7, 11) is 1.43. The van der Waals surface area contributed by atoms with E-state index in [1.54, 1.807) is 24.3 Å². The predicted octanol–water partition coefficient (Wildman–Crippen LogP) is 2.63. The van der Waals surface area contributed by atoms with Gasteiger partial charge < -0.3 is 14.6 Å². The second-order valence-corrected chi connectivity index (χ2v) is 7.98. The van der Waals surface area contributed by atoms with E-state index in [0.717, 1.165) is 22.3 Å². The summed E-state index contributed by atoms with van der Waals surface area (Å²) in [6.45, 7) is -0.503. The van der Waals surface area contributed by atoms with Gasteiger partial charge in [0, 0.05) is 0 Å². The number of amides is 2. The number of carbonyl (C=O) groups is 3. The third-order valence-corrected chi connectivity index (χ3v) is 5.38. The van der Waals surface area contributed by atoms with Gasteiger partial charge in [-0.25, -0.2) is 4.79 Å². The second kappa shape index (κ2) is 10.1. The number of hydrogen-bond acceptors (Lipinski definition) is 7. The summed E-state index contributed by atoms with van der Waals surface area (Å²) < 4.78 is 10.6. The summed E-state index contributed by atoms with van der Waals surface area (Å²) in [5, 5.41) is 9.80. The molecule has 31 heavy (non-hydrogen) atoms. The van der Waals surface area contributed by atoms with Crippen LogP contribution in [-0.2, 0) is 20.8 Å². The number of methoxy groups -OCH3 is 1. The molecule has 2 amide bonds. The molecule has 1 heterocycles. The molecule has 0 spiro atoms. The second-order valence-electron chi connectivity index (χ2n) is 6.31. The zero-order valence-electron chi connectivity index (χ0n) is 16.4. The van der Waals surface area contributed by atoms with Gasteiger partial charge in [-0.15, -0.1) is 0 Å². The van der Waals surface area contributed by atoms with Crippen LogP contribution in [0.3, 0.4) is 0 Å². The number of thioether (sulfide) groups is 1. The van der Waals surface area contributed by atoms with Crippen LogP contribution < -0.4 is 14.9 Å². The maximum Gasteiger partial charge on any atom is 0.341 e. The molecule has 2 aromatic rings. The average Bonchev–Trinajstić information content (AvgIpc) is 3.00. The third kappa shape index (κ3) is 5.83. The number of aliphatic carboxylic acids is 1. The van der Waals surface area contributed by atoms with E-state index in [1.807, 2.05) is 30.3 Å². The Kier molecular flexibility index (Phi) is 7.27. The van der Waals surface area contributed by atoms with Crippen LogP contribution in [0.4, 0.5) is 0 Å². The highest BCUT2D eigenvalue weighted by Crippen LogP contribution is 2.34. The van der Waals surface area contributed by atoms with Crippen LogP contribution in [0, 0.1) is 0 Å². The third-order valence-electron chi connectivity index (χ3n) is 4.07. The normalized spacial score (nSPS) is 14.6. The average molecular weight is 459 g/mol. The molecule has 0 aliphatic carbocycles. The maximum absolute atomic E-state index is 12.7. The highest BCUT2D eigenvalue weighted by Gasteiger charge is 2.33. The fourth-order valence-electron chi connectivity index (χ4n) is 2.69. The van der Waals surface area contributed by atoms with Crippen LogP contribution in [0.15, 0.2) is 53.4 Å². The quantitative estimate of drug-likeness (QED) is 0.460. The molecule has 0 unspecified atom stereocenters. The molecular formula is C21H18N2O6S2. The smallest absolute Gasteiger partial charge is 0.341 e. The molecular weight excluding hydrogens is 440 g/mol. The van der Waals surface area contributed by atoms with Crippen molar-refractivity contribution in [3.05, 3.63) is 64.6 Å². The lowest BCUT2D eigenvalue weighted by Crippen LogP contribution is -2.45. The van der Waals surface area contributed by atoms with E-state index >= 15 is 0 Å². The number of benzene rings is 2. The van der Waals surface area contributed by atoms with E-state index in [9.17, 15) is 14.4 Å². The van der Waals surface area contributed by atoms with Gasteiger partial charge >= 0.3 is 5.97 Å². The Morgan fingerprint density at radius 3 is 2.61 bits per heavy atom. The molecule has 1 aliphatic rings. The molecule has 160 valence electrons. The molecule has 1 aliphatic heterocycles. The summed E-state index contributed by atoms with van der Waals surface area (Å²) in [6.07, 6.45) is 1.72. The lowest BCUT2D eigenvalue weighted by molar-refractivity contribution is -0.139. The molecule has 0 bridgehead atoms. The molecule has 10 heteroatoms. The van der Waals surface area contributed by atoms with Gasteiger partial charge in [-0.1, -0.05) is 48.2 Å². The van der Waals surface area contributed by atoms with E-state index in [4.69, 9.17) is 26.8 Å². The first-order valence-corrected chi connectivity index (χ1v) is 10.2. The molecule has 0 aromatic heterocycles. The van der Waals surface area contributed by atoms with Crippen molar-refractivity contribution >= 4 is 52.2 Å². The van der Waals surface area contributed by atoms with Crippen molar-refractivity contribution in [2.75, 3.05) is 13.7 Å². The summed E-state index contributed by atoms with van der Waals surface area (Å²) in [5.74, 6) is -1.32. The van der Waals surface area contributed by atoms with E-state index < -0.39 is 18.5 Å². The highest BCUT2D eigenvalue weighted by atomic mass is 32.2. The van der Waals surface area contributed by atoms with E-state index in [-0.39, 0.29) is 22.4 Å². The minimum atomic E-state index is -1.11.